The minimum atomic E-state index is -4.35. The smallest absolute Gasteiger partial charge is 0.349 e. The van der Waals surface area contributed by atoms with Gasteiger partial charge < -0.3 is 9.88 Å². The lowest BCUT2D eigenvalue weighted by atomic mass is 10.1. The molecule has 1 aliphatic carbocycles. The van der Waals surface area contributed by atoms with Gasteiger partial charge in [-0.05, 0) is 42.3 Å². The fourth-order valence-corrected chi connectivity index (χ4v) is 2.76. The fourth-order valence-electron chi connectivity index (χ4n) is 2.61. The average Bonchev–Trinajstić information content (AvgIpc) is 3.27. The number of aromatic nitrogens is 3. The van der Waals surface area contributed by atoms with Gasteiger partial charge in [0.2, 0.25) is 5.91 Å². The largest absolute Gasteiger partial charge is 0.416 e. The molecule has 0 radical (unpaired) electrons. The van der Waals surface area contributed by atoms with Crippen molar-refractivity contribution in [2.75, 3.05) is 0 Å². The van der Waals surface area contributed by atoms with E-state index < -0.39 is 11.7 Å². The van der Waals surface area contributed by atoms with E-state index in [9.17, 15) is 18.0 Å². The van der Waals surface area contributed by atoms with Crippen LogP contribution < -0.4 is 5.32 Å². The number of carbonyl (C=O) groups excluding carboxylic acids is 1. The Morgan fingerprint density at radius 1 is 1.42 bits per heavy atom. The molecule has 24 heavy (non-hydrogen) atoms. The SMILES string of the molecule is Cn1c(CNC(=O)C2CC2c2ccc(C(F)(F)F)cc2)n[nH]c1=S. The number of amides is 1. The summed E-state index contributed by atoms with van der Waals surface area (Å²) in [5.41, 5.74) is 0.0694. The van der Waals surface area contributed by atoms with Gasteiger partial charge in [0.1, 0.15) is 0 Å². The molecule has 1 aromatic heterocycles. The maximum Gasteiger partial charge on any atom is 0.416 e. The first-order valence-electron chi connectivity index (χ1n) is 7.32. The number of carbonyl (C=O) groups is 1. The van der Waals surface area contributed by atoms with Crippen LogP contribution in [0.1, 0.15) is 29.3 Å². The van der Waals surface area contributed by atoms with Crippen LogP contribution in [-0.2, 0) is 24.6 Å². The van der Waals surface area contributed by atoms with Gasteiger partial charge in [0.15, 0.2) is 10.6 Å². The van der Waals surface area contributed by atoms with Crippen molar-refractivity contribution in [3.8, 4) is 0 Å². The lowest BCUT2D eigenvalue weighted by Crippen LogP contribution is -2.26. The molecule has 2 aromatic rings. The lowest BCUT2D eigenvalue weighted by molar-refractivity contribution is -0.137. The zero-order valence-electron chi connectivity index (χ0n) is 12.7. The average molecular weight is 356 g/mol. The first kappa shape index (κ1) is 16.7. The molecule has 128 valence electrons. The summed E-state index contributed by atoms with van der Waals surface area (Å²) in [6.07, 6.45) is -3.71. The normalized spacial score (nSPS) is 20.0. The van der Waals surface area contributed by atoms with Crippen LogP contribution in [-0.4, -0.2) is 20.7 Å². The number of nitrogens with zero attached hydrogens (tertiary/aromatic N) is 2. The van der Waals surface area contributed by atoms with Crippen molar-refractivity contribution in [1.82, 2.24) is 20.1 Å². The standard InChI is InChI=1S/C15H15F3N4OS/c1-22-12(20-21-14(22)24)7-19-13(23)11-6-10(11)8-2-4-9(5-3-8)15(16,17)18/h2-5,10-11H,6-7H2,1H3,(H,19,23)(H,21,24). The van der Waals surface area contributed by atoms with Crippen molar-refractivity contribution in [2.45, 2.75) is 25.1 Å². The second-order valence-electron chi connectivity index (χ2n) is 5.79. The number of nitrogens with one attached hydrogen (secondary N) is 2. The molecule has 9 heteroatoms. The number of halogens is 3. The molecule has 1 aliphatic rings. The van der Waals surface area contributed by atoms with E-state index in [0.29, 0.717) is 17.0 Å². The predicted molar refractivity (Wildman–Crippen MR) is 82.5 cm³/mol. The Balaban J connectivity index is 1.57. The van der Waals surface area contributed by atoms with Crippen LogP contribution in [0.5, 0.6) is 0 Å². The summed E-state index contributed by atoms with van der Waals surface area (Å²) in [6.45, 7) is 0.249. The van der Waals surface area contributed by atoms with E-state index in [0.717, 1.165) is 17.7 Å². The van der Waals surface area contributed by atoms with Gasteiger partial charge in [-0.15, -0.1) is 0 Å². The minimum Gasteiger partial charge on any atom is -0.349 e. The van der Waals surface area contributed by atoms with Crippen molar-refractivity contribution in [2.24, 2.45) is 13.0 Å². The Bertz CT molecular complexity index is 809. The number of H-pyrrole nitrogens is 1. The molecule has 2 atom stereocenters. The molecule has 0 spiro atoms. The summed E-state index contributed by atoms with van der Waals surface area (Å²) in [5, 5.41) is 9.41. The van der Waals surface area contributed by atoms with Gasteiger partial charge in [-0.2, -0.15) is 18.3 Å². The predicted octanol–water partition coefficient (Wildman–Crippen LogP) is 2.92. The minimum absolute atomic E-state index is 0.0327. The number of benzene rings is 1. The molecule has 5 nitrogen and oxygen atoms in total. The number of alkyl halides is 3. The highest BCUT2D eigenvalue weighted by atomic mass is 32.1. The molecule has 3 rings (SSSR count). The van der Waals surface area contributed by atoms with Crippen molar-refractivity contribution in [3.05, 3.63) is 46.0 Å². The van der Waals surface area contributed by atoms with Gasteiger partial charge in [0.25, 0.3) is 0 Å². The third-order valence-electron chi connectivity index (χ3n) is 4.19. The number of aromatic amines is 1. The van der Waals surface area contributed by atoms with Crippen LogP contribution in [0.15, 0.2) is 24.3 Å². The fraction of sp³-hybridized carbons (Fsp3) is 0.400. The Kier molecular flexibility index (Phi) is 4.20. The van der Waals surface area contributed by atoms with E-state index in [4.69, 9.17) is 12.2 Å². The zero-order chi connectivity index (χ0) is 17.5. The molecule has 1 heterocycles. The van der Waals surface area contributed by atoms with Gasteiger partial charge in [-0.25, -0.2) is 0 Å². The van der Waals surface area contributed by atoms with E-state index in [1.54, 1.807) is 11.6 Å². The third-order valence-corrected chi connectivity index (χ3v) is 4.55. The molecule has 2 N–H and O–H groups in total. The second-order valence-corrected chi connectivity index (χ2v) is 6.18. The zero-order valence-corrected chi connectivity index (χ0v) is 13.5. The van der Waals surface area contributed by atoms with Crippen molar-refractivity contribution < 1.29 is 18.0 Å². The summed E-state index contributed by atoms with van der Waals surface area (Å²) in [7, 11) is 1.75. The lowest BCUT2D eigenvalue weighted by Gasteiger charge is -2.08. The van der Waals surface area contributed by atoms with E-state index >= 15 is 0 Å². The summed E-state index contributed by atoms with van der Waals surface area (Å²) >= 11 is 4.99. The molecule has 1 amide bonds. The van der Waals surface area contributed by atoms with Crippen LogP contribution in [0.3, 0.4) is 0 Å². The number of hydrogen-bond acceptors (Lipinski definition) is 3. The number of rotatable bonds is 4. The maximum absolute atomic E-state index is 12.6. The highest BCUT2D eigenvalue weighted by Crippen LogP contribution is 2.48. The van der Waals surface area contributed by atoms with Gasteiger partial charge in [0.05, 0.1) is 12.1 Å². The number of hydrogen-bond donors (Lipinski definition) is 2. The second kappa shape index (κ2) is 6.04. The first-order valence-corrected chi connectivity index (χ1v) is 7.73. The summed E-state index contributed by atoms with van der Waals surface area (Å²) in [5.74, 6) is 0.234. The van der Waals surface area contributed by atoms with Crippen LogP contribution in [0, 0.1) is 10.7 Å². The quantitative estimate of drug-likeness (QED) is 0.828. The van der Waals surface area contributed by atoms with Crippen molar-refractivity contribution >= 4 is 18.1 Å². The van der Waals surface area contributed by atoms with Crippen LogP contribution in [0.2, 0.25) is 0 Å². The van der Waals surface area contributed by atoms with Crippen LogP contribution in [0.4, 0.5) is 13.2 Å². The Hall–Kier alpha value is -2.16. The third kappa shape index (κ3) is 3.35. The van der Waals surface area contributed by atoms with E-state index in [-0.39, 0.29) is 24.3 Å². The molecule has 1 aromatic carbocycles. The highest BCUT2D eigenvalue weighted by molar-refractivity contribution is 7.71. The van der Waals surface area contributed by atoms with Crippen molar-refractivity contribution in [1.29, 1.82) is 0 Å². The van der Waals surface area contributed by atoms with Crippen LogP contribution >= 0.6 is 12.2 Å². The molecule has 1 fully saturated rings. The molecule has 2 unspecified atom stereocenters. The van der Waals surface area contributed by atoms with E-state index in [1.165, 1.54) is 12.1 Å². The van der Waals surface area contributed by atoms with Crippen LogP contribution in [0.25, 0.3) is 0 Å². The molecule has 0 aliphatic heterocycles. The highest BCUT2D eigenvalue weighted by Gasteiger charge is 2.44. The van der Waals surface area contributed by atoms with Gasteiger partial charge in [0, 0.05) is 13.0 Å². The molecular formula is C15H15F3N4OS. The topological polar surface area (TPSA) is 62.7 Å². The molecule has 0 saturated heterocycles. The van der Waals surface area contributed by atoms with Gasteiger partial charge in [-0.1, -0.05) is 12.1 Å². The Morgan fingerprint density at radius 3 is 2.62 bits per heavy atom. The Labute approximate surface area is 140 Å². The molecule has 1 saturated carbocycles. The van der Waals surface area contributed by atoms with Gasteiger partial charge >= 0.3 is 6.18 Å². The molecule has 0 bridgehead atoms. The molecular weight excluding hydrogens is 341 g/mol. The van der Waals surface area contributed by atoms with Gasteiger partial charge in [-0.3, -0.25) is 9.89 Å². The summed E-state index contributed by atoms with van der Waals surface area (Å²) in [6, 6.07) is 4.99. The monoisotopic (exact) mass is 356 g/mol. The Morgan fingerprint density at radius 2 is 2.08 bits per heavy atom. The van der Waals surface area contributed by atoms with E-state index in [2.05, 4.69) is 15.5 Å². The van der Waals surface area contributed by atoms with Crippen molar-refractivity contribution in [3.63, 3.8) is 0 Å². The maximum atomic E-state index is 12.6. The summed E-state index contributed by atoms with van der Waals surface area (Å²) < 4.78 is 39.8. The summed E-state index contributed by atoms with van der Waals surface area (Å²) in [4.78, 5) is 12.1. The first-order chi connectivity index (χ1) is 11.3. The van der Waals surface area contributed by atoms with E-state index in [1.807, 2.05) is 0 Å².